The van der Waals surface area contributed by atoms with Gasteiger partial charge in [0.2, 0.25) is 17.7 Å². The maximum absolute atomic E-state index is 13.7. The first-order chi connectivity index (χ1) is 15.7. The standard InChI is InChI=1S/C24H33BrN4O3S/c1-24(2)12-20-29(23(32)18(9-10-33-20)27-19(30)13-26-3)21(24)22(31)28-17-6-4-5-14-11-15(25)7-8-16(14)17/h7-8,11,17-18,20-21,26H,4-6,9-10,12-13H2,1-3H3,(H,27,30)(H,28,31)/t17?,18?,20?,21-/m1/s1. The highest BCUT2D eigenvalue weighted by atomic mass is 79.9. The summed E-state index contributed by atoms with van der Waals surface area (Å²) in [6, 6.07) is 5.03. The van der Waals surface area contributed by atoms with Crippen LogP contribution < -0.4 is 16.0 Å². The Morgan fingerprint density at radius 2 is 2.00 bits per heavy atom. The normalized spacial score (nSPS) is 28.5. The van der Waals surface area contributed by atoms with Gasteiger partial charge in [0.25, 0.3) is 0 Å². The highest BCUT2D eigenvalue weighted by molar-refractivity contribution is 9.10. The first-order valence-electron chi connectivity index (χ1n) is 11.7. The van der Waals surface area contributed by atoms with E-state index in [4.69, 9.17) is 0 Å². The number of likely N-dealkylation sites (N-methyl/N-ethyl adjacent to an activating group) is 1. The fourth-order valence-electron chi connectivity index (χ4n) is 5.44. The lowest BCUT2D eigenvalue weighted by Crippen LogP contribution is -2.57. The van der Waals surface area contributed by atoms with Crippen LogP contribution in [0.4, 0.5) is 0 Å². The highest BCUT2D eigenvalue weighted by Gasteiger charge is 2.54. The second kappa shape index (κ2) is 9.96. The maximum atomic E-state index is 13.7. The van der Waals surface area contributed by atoms with Gasteiger partial charge in [-0.1, -0.05) is 35.8 Å². The first kappa shape index (κ1) is 24.5. The average Bonchev–Trinajstić information content (AvgIpc) is 2.94. The zero-order chi connectivity index (χ0) is 23.8. The van der Waals surface area contributed by atoms with Crippen molar-refractivity contribution in [2.45, 2.75) is 69.5 Å². The number of carbonyl (C=O) groups excluding carboxylic acids is 3. The molecule has 2 fully saturated rings. The van der Waals surface area contributed by atoms with E-state index in [1.807, 2.05) is 6.07 Å². The topological polar surface area (TPSA) is 90.5 Å². The molecule has 7 nitrogen and oxygen atoms in total. The van der Waals surface area contributed by atoms with Crippen molar-refractivity contribution in [3.63, 3.8) is 0 Å². The van der Waals surface area contributed by atoms with Crippen LogP contribution in [0.25, 0.3) is 0 Å². The number of halogens is 1. The van der Waals surface area contributed by atoms with E-state index in [-0.39, 0.29) is 41.1 Å². The number of thioether (sulfide) groups is 1. The van der Waals surface area contributed by atoms with E-state index in [0.29, 0.717) is 6.42 Å². The zero-order valence-corrected chi connectivity index (χ0v) is 21.9. The van der Waals surface area contributed by atoms with Crippen LogP contribution in [0.15, 0.2) is 22.7 Å². The Morgan fingerprint density at radius 3 is 2.76 bits per heavy atom. The van der Waals surface area contributed by atoms with Crippen molar-refractivity contribution in [2.24, 2.45) is 5.41 Å². The number of rotatable bonds is 5. The number of nitrogens with one attached hydrogen (secondary N) is 3. The Labute approximate surface area is 208 Å². The largest absolute Gasteiger partial charge is 0.347 e. The van der Waals surface area contributed by atoms with E-state index in [1.165, 1.54) is 11.1 Å². The first-order valence-corrected chi connectivity index (χ1v) is 13.5. The lowest BCUT2D eigenvalue weighted by atomic mass is 9.83. The number of hydrogen-bond donors (Lipinski definition) is 3. The van der Waals surface area contributed by atoms with Crippen LogP contribution in [-0.4, -0.2) is 59.4 Å². The second-order valence-corrected chi connectivity index (χ2v) is 12.1. The van der Waals surface area contributed by atoms with Crippen LogP contribution in [0, 0.1) is 5.41 Å². The molecule has 0 radical (unpaired) electrons. The molecule has 3 unspecified atom stereocenters. The highest BCUT2D eigenvalue weighted by Crippen LogP contribution is 2.46. The van der Waals surface area contributed by atoms with Gasteiger partial charge in [-0.05, 0) is 73.6 Å². The minimum Gasteiger partial charge on any atom is -0.347 e. The van der Waals surface area contributed by atoms with Crippen LogP contribution in [0.1, 0.15) is 56.7 Å². The summed E-state index contributed by atoms with van der Waals surface area (Å²) in [5.74, 6) is 0.323. The minimum absolute atomic E-state index is 0.0509. The van der Waals surface area contributed by atoms with Gasteiger partial charge < -0.3 is 20.9 Å². The molecule has 3 aliphatic rings. The van der Waals surface area contributed by atoms with Crippen LogP contribution in [0.5, 0.6) is 0 Å². The van der Waals surface area contributed by atoms with E-state index < -0.39 is 12.1 Å². The van der Waals surface area contributed by atoms with Crippen molar-refractivity contribution in [1.29, 1.82) is 0 Å². The number of fused-ring (bicyclic) bond motifs is 2. The molecule has 4 atom stereocenters. The molecule has 1 aromatic carbocycles. The fraction of sp³-hybridized carbons (Fsp3) is 0.625. The third kappa shape index (κ3) is 5.10. The summed E-state index contributed by atoms with van der Waals surface area (Å²) in [5.41, 5.74) is 2.07. The van der Waals surface area contributed by atoms with Gasteiger partial charge in [-0.15, -0.1) is 11.8 Å². The summed E-state index contributed by atoms with van der Waals surface area (Å²) in [6.07, 6.45) is 4.25. The second-order valence-electron chi connectivity index (χ2n) is 9.90. The molecular weight excluding hydrogens is 504 g/mol. The Kier molecular flexibility index (Phi) is 7.41. The number of amides is 3. The summed E-state index contributed by atoms with van der Waals surface area (Å²) >= 11 is 5.26. The van der Waals surface area contributed by atoms with E-state index in [0.717, 1.165) is 35.9 Å². The zero-order valence-electron chi connectivity index (χ0n) is 19.4. The smallest absolute Gasteiger partial charge is 0.246 e. The van der Waals surface area contributed by atoms with Crippen molar-refractivity contribution in [3.8, 4) is 0 Å². The SMILES string of the molecule is CNCC(=O)NC1CCSC2CC(C)(C)[C@@H](C(=O)NC3CCCc4cc(Br)ccc43)N2C1=O. The molecule has 9 heteroatoms. The summed E-state index contributed by atoms with van der Waals surface area (Å²) in [7, 11) is 1.70. The average molecular weight is 538 g/mol. The third-order valence-corrected chi connectivity index (χ3v) is 8.70. The summed E-state index contributed by atoms with van der Waals surface area (Å²) in [5, 5.41) is 8.92. The maximum Gasteiger partial charge on any atom is 0.246 e. The van der Waals surface area contributed by atoms with Crippen molar-refractivity contribution in [2.75, 3.05) is 19.3 Å². The van der Waals surface area contributed by atoms with Crippen molar-refractivity contribution in [1.82, 2.24) is 20.9 Å². The van der Waals surface area contributed by atoms with Crippen LogP contribution in [0.2, 0.25) is 0 Å². The summed E-state index contributed by atoms with van der Waals surface area (Å²) in [4.78, 5) is 41.3. The van der Waals surface area contributed by atoms with Gasteiger partial charge >= 0.3 is 0 Å². The predicted molar refractivity (Wildman–Crippen MR) is 134 cm³/mol. The molecule has 0 bridgehead atoms. The molecule has 0 aromatic heterocycles. The predicted octanol–water partition coefficient (Wildman–Crippen LogP) is 2.74. The fourth-order valence-corrected chi connectivity index (χ4v) is 7.43. The van der Waals surface area contributed by atoms with E-state index in [9.17, 15) is 14.4 Å². The van der Waals surface area contributed by atoms with Crippen molar-refractivity contribution >= 4 is 45.4 Å². The monoisotopic (exact) mass is 536 g/mol. The molecule has 2 heterocycles. The molecule has 2 aliphatic heterocycles. The molecule has 33 heavy (non-hydrogen) atoms. The Bertz CT molecular complexity index is 940. The molecule has 2 saturated heterocycles. The third-order valence-electron chi connectivity index (χ3n) is 6.96. The number of aryl methyl sites for hydroxylation is 1. The quantitative estimate of drug-likeness (QED) is 0.538. The van der Waals surface area contributed by atoms with Crippen LogP contribution in [0.3, 0.4) is 0 Å². The molecule has 180 valence electrons. The number of carbonyl (C=O) groups is 3. The van der Waals surface area contributed by atoms with Crippen LogP contribution in [-0.2, 0) is 20.8 Å². The lowest BCUT2D eigenvalue weighted by molar-refractivity contribution is -0.143. The molecular formula is C24H33BrN4O3S. The van der Waals surface area contributed by atoms with Gasteiger partial charge in [0.05, 0.1) is 18.0 Å². The molecule has 4 rings (SSSR count). The molecule has 1 aliphatic carbocycles. The van der Waals surface area contributed by atoms with E-state index in [2.05, 4.69) is 57.9 Å². The summed E-state index contributed by atoms with van der Waals surface area (Å²) < 4.78 is 1.05. The van der Waals surface area contributed by atoms with Crippen molar-refractivity contribution < 1.29 is 14.4 Å². The summed E-state index contributed by atoms with van der Waals surface area (Å²) in [6.45, 7) is 4.30. The van der Waals surface area contributed by atoms with Gasteiger partial charge in [0.15, 0.2) is 0 Å². The van der Waals surface area contributed by atoms with Gasteiger partial charge in [0, 0.05) is 4.47 Å². The Hall–Kier alpha value is -1.58. The van der Waals surface area contributed by atoms with E-state index in [1.54, 1.807) is 23.7 Å². The van der Waals surface area contributed by atoms with Crippen LogP contribution >= 0.6 is 27.7 Å². The molecule has 3 N–H and O–H groups in total. The van der Waals surface area contributed by atoms with E-state index >= 15 is 0 Å². The van der Waals surface area contributed by atoms with Crippen molar-refractivity contribution in [3.05, 3.63) is 33.8 Å². The Balaban J connectivity index is 1.56. The molecule has 0 spiro atoms. The Morgan fingerprint density at radius 1 is 1.21 bits per heavy atom. The van der Waals surface area contributed by atoms with Gasteiger partial charge in [-0.3, -0.25) is 14.4 Å². The molecule has 1 aromatic rings. The molecule has 3 amide bonds. The number of hydrogen-bond acceptors (Lipinski definition) is 5. The van der Waals surface area contributed by atoms with Gasteiger partial charge in [0.1, 0.15) is 12.1 Å². The molecule has 0 saturated carbocycles. The lowest BCUT2D eigenvalue weighted by Gasteiger charge is -2.36. The minimum atomic E-state index is -0.597. The number of benzene rings is 1. The number of nitrogens with zero attached hydrogens (tertiary/aromatic N) is 1. The van der Waals surface area contributed by atoms with Gasteiger partial charge in [-0.25, -0.2) is 0 Å². The van der Waals surface area contributed by atoms with Gasteiger partial charge in [-0.2, -0.15) is 0 Å².